The fourth-order valence-electron chi connectivity index (χ4n) is 13.2. The molecule has 0 N–H and O–H groups in total. The van der Waals surface area contributed by atoms with E-state index < -0.39 is 88.8 Å². The molecule has 534 valence electrons. The first kappa shape index (κ1) is 71.1. The molecule has 5 saturated carbocycles. The highest BCUT2D eigenvalue weighted by Gasteiger charge is 2.67. The molecule has 8 unspecified atom stereocenters. The molecular weight excluding hydrogens is 1370 g/mol. The Balaban J connectivity index is 0.000000141. The molecule has 0 spiro atoms. The SMILES string of the molecule is CC(C)COc1ccc(S(C)(=O)=O)cc1C(=O)N1CC2CC2(c2noc(C(F)(F)F)n2)C1.CC(Oc1ccc(S(C)(=O)=O)cc1C(=O)N1CC2CC2(c2coc(C3CC3)n2)C1)C(C)(F)F.CC(Oc1ccc(S(C)(=O)=O)cc1C(=O)N1CC2CC2(c2nccc(C3CC3)n2)C1)C(C)(F)F. The van der Waals surface area contributed by atoms with Gasteiger partial charge in [0.2, 0.25) is 0 Å². The number of fused-ring (bicyclic) bond motifs is 3. The molecule has 3 aromatic carbocycles. The van der Waals surface area contributed by atoms with E-state index in [2.05, 4.69) is 24.6 Å². The normalized spacial score (nSPS) is 24.5. The van der Waals surface area contributed by atoms with Crippen LogP contribution in [0.3, 0.4) is 0 Å². The summed E-state index contributed by atoms with van der Waals surface area (Å²) in [5, 5.41) is 3.51. The number of sulfone groups is 3. The van der Waals surface area contributed by atoms with E-state index in [0.717, 1.165) is 94.2 Å². The van der Waals surface area contributed by atoms with Gasteiger partial charge in [-0.3, -0.25) is 14.4 Å². The van der Waals surface area contributed by atoms with Crippen LogP contribution in [0.1, 0.15) is 164 Å². The molecule has 5 aliphatic carbocycles. The van der Waals surface area contributed by atoms with Gasteiger partial charge in [-0.1, -0.05) is 19.0 Å². The average molecular weight is 1450 g/mol. The van der Waals surface area contributed by atoms with Crippen LogP contribution in [0.15, 0.2) is 96.8 Å². The van der Waals surface area contributed by atoms with E-state index in [-0.39, 0.29) is 95.5 Å². The summed E-state index contributed by atoms with van der Waals surface area (Å²) in [5.41, 5.74) is 0.564. The molecule has 3 saturated heterocycles. The number of nitrogens with zero attached hydrogens (tertiary/aromatic N) is 8. The van der Waals surface area contributed by atoms with Gasteiger partial charge < -0.3 is 37.9 Å². The summed E-state index contributed by atoms with van der Waals surface area (Å²) in [6.45, 7) is 10.2. The van der Waals surface area contributed by atoms with Gasteiger partial charge in [0.1, 0.15) is 29.3 Å². The van der Waals surface area contributed by atoms with Gasteiger partial charge in [-0.05, 0) is 143 Å². The van der Waals surface area contributed by atoms with E-state index in [9.17, 15) is 70.4 Å². The van der Waals surface area contributed by atoms with Crippen molar-refractivity contribution in [3.05, 3.63) is 125 Å². The lowest BCUT2D eigenvalue weighted by Crippen LogP contribution is -2.35. The Morgan fingerprint density at radius 1 is 0.576 bits per heavy atom. The van der Waals surface area contributed by atoms with Crippen LogP contribution in [0.2, 0.25) is 0 Å². The molecule has 22 nitrogen and oxygen atoms in total. The van der Waals surface area contributed by atoms with Crippen molar-refractivity contribution in [3.63, 3.8) is 0 Å². The van der Waals surface area contributed by atoms with E-state index in [1.807, 2.05) is 19.9 Å². The first-order valence-electron chi connectivity index (χ1n) is 32.4. The smallest absolute Gasteiger partial charge is 0.471 e. The zero-order valence-electron chi connectivity index (χ0n) is 55.6. The van der Waals surface area contributed by atoms with Crippen molar-refractivity contribution >= 4 is 47.2 Å². The first-order valence-corrected chi connectivity index (χ1v) is 38.1. The molecule has 3 aliphatic heterocycles. The molecule has 0 bridgehead atoms. The highest BCUT2D eigenvalue weighted by molar-refractivity contribution is 7.91. The van der Waals surface area contributed by atoms with Crippen molar-refractivity contribution in [3.8, 4) is 17.2 Å². The number of benzene rings is 3. The summed E-state index contributed by atoms with van der Waals surface area (Å²) >= 11 is 0. The number of halogens is 7. The summed E-state index contributed by atoms with van der Waals surface area (Å²) < 4.78 is 192. The van der Waals surface area contributed by atoms with E-state index >= 15 is 0 Å². The largest absolute Gasteiger partial charge is 0.492 e. The van der Waals surface area contributed by atoms with Crippen molar-refractivity contribution in [2.75, 3.05) is 64.6 Å². The second-order valence-corrected chi connectivity index (χ2v) is 34.5. The minimum absolute atomic E-state index is 0.0233. The lowest BCUT2D eigenvalue weighted by atomic mass is 10.0. The van der Waals surface area contributed by atoms with Crippen LogP contribution in [0.25, 0.3) is 0 Å². The lowest BCUT2D eigenvalue weighted by molar-refractivity contribution is -0.159. The monoisotopic (exact) mass is 1440 g/mol. The maximum absolute atomic E-state index is 13.8. The van der Waals surface area contributed by atoms with Crippen LogP contribution in [0.4, 0.5) is 30.7 Å². The van der Waals surface area contributed by atoms with Crippen LogP contribution in [-0.4, -0.2) is 171 Å². The second kappa shape index (κ2) is 25.1. The molecule has 8 atom stereocenters. The van der Waals surface area contributed by atoms with Gasteiger partial charge in [0.25, 0.3) is 29.6 Å². The van der Waals surface area contributed by atoms with E-state index in [1.54, 1.807) is 22.3 Å². The molecule has 6 heterocycles. The van der Waals surface area contributed by atoms with Crippen LogP contribution in [0.5, 0.6) is 17.2 Å². The van der Waals surface area contributed by atoms with Gasteiger partial charge in [0.05, 0.1) is 54.5 Å². The van der Waals surface area contributed by atoms with Gasteiger partial charge in [0.15, 0.2) is 53.4 Å². The molecule has 3 aromatic heterocycles. The molecular formula is C67H75F7N8O14S3. The average Bonchev–Trinajstić information content (AvgIpc) is 1.44. The predicted molar refractivity (Wildman–Crippen MR) is 339 cm³/mol. The van der Waals surface area contributed by atoms with Gasteiger partial charge >= 0.3 is 12.1 Å². The number of hydrogen-bond donors (Lipinski definition) is 0. The third-order valence-electron chi connectivity index (χ3n) is 19.9. The standard InChI is InChI=1S/C24H27F2N3O4S.C23H26F2N2O5S.C20H22F3N3O5S/c1-14(23(2,25)26)33-20-7-6-17(34(3,31)32)10-18(20)21(30)29-12-16-11-24(16,13-29)22-27-9-8-19(28-22)15-4-5-15;1-13(22(2,24)25)32-18-7-6-16(33(3,29)30)8-17(18)21(28)27-10-15-9-23(15,12-27)19-11-31-20(26-19)14-4-5-14;1-11(2)9-30-15-5-4-13(32(3,28)29)6-14(15)16(27)26-8-12-7-19(12,10-26)17-24-18(31-25-17)20(21,22)23/h6-10,14-16H,4-5,11-13H2,1-3H3;6-8,11,13-15H,4-5,9-10,12H2,1-3H3;4-6,11-12H,7-10H2,1-3H3. The Labute approximate surface area is 567 Å². The van der Waals surface area contributed by atoms with Gasteiger partial charge in [-0.25, -0.2) is 57.8 Å². The number of carbonyl (C=O) groups is 3. The number of aromatic nitrogens is 5. The van der Waals surface area contributed by atoms with Crippen molar-refractivity contribution < 1.29 is 93.5 Å². The maximum Gasteiger partial charge on any atom is 0.471 e. The van der Waals surface area contributed by atoms with E-state index in [1.165, 1.54) is 73.3 Å². The van der Waals surface area contributed by atoms with Gasteiger partial charge in [0, 0.05) is 101 Å². The van der Waals surface area contributed by atoms with Crippen molar-refractivity contribution in [2.24, 2.45) is 23.7 Å². The van der Waals surface area contributed by atoms with Crippen LogP contribution in [-0.2, 0) is 51.9 Å². The first-order chi connectivity index (χ1) is 46.1. The highest BCUT2D eigenvalue weighted by Crippen LogP contribution is 2.61. The summed E-state index contributed by atoms with van der Waals surface area (Å²) in [4.78, 5) is 62.3. The molecule has 8 fully saturated rings. The second-order valence-electron chi connectivity index (χ2n) is 28.5. The van der Waals surface area contributed by atoms with Gasteiger partial charge in [-0.2, -0.15) is 18.2 Å². The number of oxazole rings is 1. The Morgan fingerprint density at radius 3 is 1.42 bits per heavy atom. The fourth-order valence-corrected chi connectivity index (χ4v) is 15.1. The quantitative estimate of drug-likeness (QED) is 0.0642. The number of likely N-dealkylation sites (tertiary alicyclic amines) is 3. The predicted octanol–water partition coefficient (Wildman–Crippen LogP) is 10.3. The lowest BCUT2D eigenvalue weighted by Gasteiger charge is -2.25. The Morgan fingerprint density at radius 2 is 1.00 bits per heavy atom. The number of piperidine rings is 3. The zero-order chi connectivity index (χ0) is 71.7. The molecule has 14 rings (SSSR count). The van der Waals surface area contributed by atoms with E-state index in [0.29, 0.717) is 57.6 Å². The fraction of sp³-hybridized carbons (Fsp3) is 0.552. The zero-order valence-corrected chi connectivity index (χ0v) is 58.1. The molecule has 3 amide bonds. The summed E-state index contributed by atoms with van der Waals surface area (Å²) in [6.07, 6.45) is 5.58. The van der Waals surface area contributed by atoms with Crippen LogP contribution >= 0.6 is 0 Å². The van der Waals surface area contributed by atoms with Crippen molar-refractivity contribution in [2.45, 2.75) is 159 Å². The van der Waals surface area contributed by atoms with Crippen LogP contribution < -0.4 is 14.2 Å². The topological polar surface area (TPSA) is 282 Å². The Hall–Kier alpha value is -7.74. The number of ether oxygens (including phenoxy) is 3. The summed E-state index contributed by atoms with van der Waals surface area (Å²) in [6, 6.07) is 13.6. The molecule has 99 heavy (non-hydrogen) atoms. The van der Waals surface area contributed by atoms with E-state index in [4.69, 9.17) is 23.6 Å². The Kier molecular flexibility index (Phi) is 18.0. The molecule has 0 radical (unpaired) electrons. The van der Waals surface area contributed by atoms with Crippen molar-refractivity contribution in [1.29, 1.82) is 0 Å². The summed E-state index contributed by atoms with van der Waals surface area (Å²) in [7, 11) is -10.8. The minimum Gasteiger partial charge on any atom is -0.492 e. The Bertz CT molecular complexity index is 4540. The maximum atomic E-state index is 13.8. The minimum atomic E-state index is -4.74. The molecule has 8 aliphatic rings. The number of carbonyl (C=O) groups excluding carboxylic acids is 3. The highest BCUT2D eigenvalue weighted by atomic mass is 32.2. The number of alkyl halides is 7. The van der Waals surface area contributed by atoms with Crippen molar-refractivity contribution in [1.82, 2.24) is 39.8 Å². The molecule has 32 heteroatoms. The third-order valence-corrected chi connectivity index (χ3v) is 23.3. The number of hydrogen-bond acceptors (Lipinski definition) is 19. The number of rotatable bonds is 20. The van der Waals surface area contributed by atoms with Gasteiger partial charge in [-0.15, -0.1) is 0 Å². The van der Waals surface area contributed by atoms with Crippen LogP contribution in [0, 0.1) is 23.7 Å². The molecule has 6 aromatic rings. The third kappa shape index (κ3) is 14.8. The summed E-state index contributed by atoms with van der Waals surface area (Å²) in [5.74, 6) is -6.06. The number of amides is 3.